The Morgan fingerprint density at radius 1 is 1.70 bits per heavy atom. The number of allylic oxidation sites excluding steroid dienone is 1. The van der Waals surface area contributed by atoms with E-state index in [2.05, 4.69) is 6.58 Å². The molecule has 0 atom stereocenters. The standard InChI is InChI=1S/C5H9NO3S/c1-3-5(6)4(2)10(7,8)9/h3H,2,6H2,1H3,(H,7,8,9)/b5-3+. The van der Waals surface area contributed by atoms with Crippen LogP contribution in [0.5, 0.6) is 0 Å². The second-order valence-corrected chi connectivity index (χ2v) is 3.09. The van der Waals surface area contributed by atoms with Crippen molar-refractivity contribution >= 4 is 10.1 Å². The topological polar surface area (TPSA) is 80.4 Å². The molecule has 0 bridgehead atoms. The molecule has 3 N–H and O–H groups in total. The Kier molecular flexibility index (Phi) is 2.62. The summed E-state index contributed by atoms with van der Waals surface area (Å²) in [7, 11) is -4.20. The average molecular weight is 163 g/mol. The van der Waals surface area contributed by atoms with Crippen LogP contribution in [-0.4, -0.2) is 13.0 Å². The first-order valence-electron chi connectivity index (χ1n) is 2.48. The van der Waals surface area contributed by atoms with Crippen molar-refractivity contribution in [3.05, 3.63) is 23.3 Å². The highest BCUT2D eigenvalue weighted by Gasteiger charge is 2.11. The van der Waals surface area contributed by atoms with Gasteiger partial charge < -0.3 is 5.73 Å². The summed E-state index contributed by atoms with van der Waals surface area (Å²) in [5.41, 5.74) is 5.09. The van der Waals surface area contributed by atoms with Crippen LogP contribution in [0.25, 0.3) is 0 Å². The largest absolute Gasteiger partial charge is 0.398 e. The van der Waals surface area contributed by atoms with Gasteiger partial charge in [0.15, 0.2) is 0 Å². The molecule has 0 saturated heterocycles. The van der Waals surface area contributed by atoms with Crippen LogP contribution in [0, 0.1) is 0 Å². The van der Waals surface area contributed by atoms with Crippen molar-refractivity contribution in [1.29, 1.82) is 0 Å². The molecule has 4 nitrogen and oxygen atoms in total. The van der Waals surface area contributed by atoms with Gasteiger partial charge in [-0.15, -0.1) is 0 Å². The smallest absolute Gasteiger partial charge is 0.295 e. The first-order chi connectivity index (χ1) is 4.39. The molecule has 0 aliphatic rings. The zero-order valence-electron chi connectivity index (χ0n) is 5.53. The summed E-state index contributed by atoms with van der Waals surface area (Å²) >= 11 is 0. The van der Waals surface area contributed by atoms with Gasteiger partial charge in [-0.05, 0) is 6.92 Å². The summed E-state index contributed by atoms with van der Waals surface area (Å²) in [5.74, 6) is 0. The average Bonchev–Trinajstić information content (AvgIpc) is 1.83. The van der Waals surface area contributed by atoms with Crippen molar-refractivity contribution in [2.24, 2.45) is 5.73 Å². The fourth-order valence-corrected chi connectivity index (χ4v) is 0.726. The Morgan fingerprint density at radius 2 is 2.10 bits per heavy atom. The second-order valence-electron chi connectivity index (χ2n) is 1.64. The normalized spacial score (nSPS) is 13.2. The molecule has 0 radical (unpaired) electrons. The van der Waals surface area contributed by atoms with E-state index >= 15 is 0 Å². The van der Waals surface area contributed by atoms with E-state index in [0.717, 1.165) is 0 Å². The fraction of sp³-hybridized carbons (Fsp3) is 0.200. The van der Waals surface area contributed by atoms with Crippen LogP contribution in [0.1, 0.15) is 6.92 Å². The van der Waals surface area contributed by atoms with Crippen LogP contribution in [0.4, 0.5) is 0 Å². The maximum atomic E-state index is 10.3. The molecule has 0 aromatic rings. The third-order valence-corrected chi connectivity index (χ3v) is 1.80. The predicted molar refractivity (Wildman–Crippen MR) is 38.6 cm³/mol. The summed E-state index contributed by atoms with van der Waals surface area (Å²) in [5, 5.41) is 0. The third-order valence-electron chi connectivity index (χ3n) is 0.944. The molecule has 0 aliphatic heterocycles. The van der Waals surface area contributed by atoms with Gasteiger partial charge in [0, 0.05) is 5.70 Å². The van der Waals surface area contributed by atoms with Crippen LogP contribution < -0.4 is 5.73 Å². The molecule has 58 valence electrons. The van der Waals surface area contributed by atoms with E-state index < -0.39 is 15.0 Å². The maximum Gasteiger partial charge on any atom is 0.295 e. The molecule has 0 unspecified atom stereocenters. The highest BCUT2D eigenvalue weighted by Crippen LogP contribution is 2.06. The van der Waals surface area contributed by atoms with Gasteiger partial charge in [0.2, 0.25) is 0 Å². The molecular weight excluding hydrogens is 154 g/mol. The summed E-state index contributed by atoms with van der Waals surface area (Å²) in [6, 6.07) is 0. The van der Waals surface area contributed by atoms with Gasteiger partial charge >= 0.3 is 0 Å². The number of rotatable bonds is 2. The van der Waals surface area contributed by atoms with Gasteiger partial charge in [-0.1, -0.05) is 12.7 Å². The molecule has 0 saturated carbocycles. The zero-order chi connectivity index (χ0) is 8.36. The lowest BCUT2D eigenvalue weighted by molar-refractivity contribution is 0.491. The Balaban J connectivity index is 4.75. The highest BCUT2D eigenvalue weighted by molar-refractivity contribution is 7.90. The molecule has 5 heteroatoms. The van der Waals surface area contributed by atoms with Gasteiger partial charge in [-0.3, -0.25) is 4.55 Å². The van der Waals surface area contributed by atoms with Crippen LogP contribution in [0.2, 0.25) is 0 Å². The number of nitrogens with two attached hydrogens (primary N) is 1. The molecule has 0 spiro atoms. The minimum absolute atomic E-state index is 0.0394. The van der Waals surface area contributed by atoms with Crippen molar-refractivity contribution in [2.75, 3.05) is 0 Å². The van der Waals surface area contributed by atoms with E-state index in [1.165, 1.54) is 6.08 Å². The molecule has 10 heavy (non-hydrogen) atoms. The third kappa shape index (κ3) is 2.20. The Hall–Kier alpha value is -0.810. The lowest BCUT2D eigenvalue weighted by Crippen LogP contribution is -2.09. The van der Waals surface area contributed by atoms with Gasteiger partial charge in [0.05, 0.1) is 0 Å². The molecule has 0 heterocycles. The molecule has 0 aromatic heterocycles. The number of hydrogen-bond donors (Lipinski definition) is 2. The SMILES string of the molecule is C=C(/C(N)=C\C)S(=O)(=O)O. The van der Waals surface area contributed by atoms with E-state index in [-0.39, 0.29) is 5.70 Å². The molecule has 0 aliphatic carbocycles. The van der Waals surface area contributed by atoms with Crippen LogP contribution in [0.15, 0.2) is 23.3 Å². The minimum Gasteiger partial charge on any atom is -0.398 e. The van der Waals surface area contributed by atoms with Crippen molar-refractivity contribution < 1.29 is 13.0 Å². The van der Waals surface area contributed by atoms with Gasteiger partial charge in [0.25, 0.3) is 10.1 Å². The first kappa shape index (κ1) is 9.19. The van der Waals surface area contributed by atoms with Crippen molar-refractivity contribution in [3.63, 3.8) is 0 Å². The Morgan fingerprint density at radius 3 is 2.20 bits per heavy atom. The van der Waals surface area contributed by atoms with Gasteiger partial charge in [-0.25, -0.2) is 0 Å². The molecular formula is C5H9NO3S. The van der Waals surface area contributed by atoms with Crippen LogP contribution in [0.3, 0.4) is 0 Å². The summed E-state index contributed by atoms with van der Waals surface area (Å²) in [6.07, 6.45) is 1.34. The van der Waals surface area contributed by atoms with E-state index in [0.29, 0.717) is 0 Å². The quantitative estimate of drug-likeness (QED) is 0.451. The zero-order valence-corrected chi connectivity index (χ0v) is 6.35. The van der Waals surface area contributed by atoms with Crippen LogP contribution in [-0.2, 0) is 10.1 Å². The van der Waals surface area contributed by atoms with E-state index in [1.807, 2.05) is 0 Å². The highest BCUT2D eigenvalue weighted by atomic mass is 32.2. The molecule has 0 rings (SSSR count). The molecule has 0 fully saturated rings. The minimum atomic E-state index is -4.20. The van der Waals surface area contributed by atoms with E-state index in [9.17, 15) is 8.42 Å². The second kappa shape index (κ2) is 2.85. The predicted octanol–water partition coefficient (Wildman–Crippen LogP) is 0.250. The van der Waals surface area contributed by atoms with Crippen LogP contribution >= 0.6 is 0 Å². The molecule has 0 amide bonds. The van der Waals surface area contributed by atoms with E-state index in [4.69, 9.17) is 10.3 Å². The maximum absolute atomic E-state index is 10.3. The Bertz CT molecular complexity index is 263. The first-order valence-corrected chi connectivity index (χ1v) is 3.92. The van der Waals surface area contributed by atoms with Crippen molar-refractivity contribution in [2.45, 2.75) is 6.92 Å². The summed E-state index contributed by atoms with van der Waals surface area (Å²) in [6.45, 7) is 4.61. The molecule has 0 aromatic carbocycles. The fourth-order valence-electron chi connectivity index (χ4n) is 0.310. The monoisotopic (exact) mass is 163 g/mol. The Labute approximate surface area is 59.8 Å². The van der Waals surface area contributed by atoms with Gasteiger partial charge in [0.1, 0.15) is 4.91 Å². The summed E-state index contributed by atoms with van der Waals surface area (Å²) in [4.78, 5) is -0.463. The van der Waals surface area contributed by atoms with Gasteiger partial charge in [-0.2, -0.15) is 8.42 Å². The lowest BCUT2D eigenvalue weighted by Gasteiger charge is -1.98. The van der Waals surface area contributed by atoms with Crippen molar-refractivity contribution in [3.8, 4) is 0 Å². The lowest BCUT2D eigenvalue weighted by atomic mass is 10.4. The summed E-state index contributed by atoms with van der Waals surface area (Å²) < 4.78 is 28.9. The van der Waals surface area contributed by atoms with E-state index in [1.54, 1.807) is 6.92 Å². The van der Waals surface area contributed by atoms with Crippen molar-refractivity contribution in [1.82, 2.24) is 0 Å². The number of hydrogen-bond acceptors (Lipinski definition) is 3.